The topological polar surface area (TPSA) is 55.1 Å². The second-order valence-electron chi connectivity index (χ2n) is 4.28. The van der Waals surface area contributed by atoms with E-state index >= 15 is 0 Å². The van der Waals surface area contributed by atoms with Gasteiger partial charge in [-0.25, -0.2) is 0 Å². The molecule has 4 heteroatoms. The molecule has 0 saturated carbocycles. The van der Waals surface area contributed by atoms with Gasteiger partial charge in [0.1, 0.15) is 0 Å². The van der Waals surface area contributed by atoms with Crippen molar-refractivity contribution in [2.75, 3.05) is 5.32 Å². The summed E-state index contributed by atoms with van der Waals surface area (Å²) in [5, 5.41) is 2.79. The van der Waals surface area contributed by atoms with Gasteiger partial charge in [0.05, 0.1) is 6.04 Å². The number of carbonyl (C=O) groups is 1. The highest BCUT2D eigenvalue weighted by Crippen LogP contribution is 2.17. The lowest BCUT2D eigenvalue weighted by Gasteiger charge is -2.11. The minimum Gasteiger partial charge on any atom is -0.325 e. The van der Waals surface area contributed by atoms with Crippen LogP contribution in [-0.2, 0) is 4.79 Å². The summed E-state index contributed by atoms with van der Waals surface area (Å²) < 4.78 is 0. The molecule has 0 saturated heterocycles. The van der Waals surface area contributed by atoms with Crippen molar-refractivity contribution in [2.45, 2.75) is 39.2 Å². The summed E-state index contributed by atoms with van der Waals surface area (Å²) in [5.74, 6) is 0.377. The highest BCUT2D eigenvalue weighted by atomic mass is 35.5. The summed E-state index contributed by atoms with van der Waals surface area (Å²) >= 11 is 0. The summed E-state index contributed by atoms with van der Waals surface area (Å²) in [7, 11) is 0. The van der Waals surface area contributed by atoms with Crippen LogP contribution >= 0.6 is 12.4 Å². The molecular formula is C13H21ClN2O. The number of benzene rings is 1. The molecule has 17 heavy (non-hydrogen) atoms. The van der Waals surface area contributed by atoms with E-state index in [-0.39, 0.29) is 18.3 Å². The molecule has 1 aromatic rings. The van der Waals surface area contributed by atoms with Crippen molar-refractivity contribution in [3.05, 3.63) is 29.8 Å². The Bertz CT molecular complexity index is 349. The van der Waals surface area contributed by atoms with Crippen molar-refractivity contribution in [2.24, 2.45) is 5.73 Å². The van der Waals surface area contributed by atoms with Crippen molar-refractivity contribution in [3.8, 4) is 0 Å². The molecule has 3 N–H and O–H groups in total. The van der Waals surface area contributed by atoms with Crippen LogP contribution in [0.1, 0.15) is 38.7 Å². The van der Waals surface area contributed by atoms with Crippen LogP contribution in [0, 0.1) is 0 Å². The average molecular weight is 257 g/mol. The Labute approximate surface area is 109 Å². The molecule has 0 fully saturated rings. The number of nitrogens with two attached hydrogens (primary N) is 1. The molecule has 0 aromatic heterocycles. The van der Waals surface area contributed by atoms with Crippen molar-refractivity contribution in [3.63, 3.8) is 0 Å². The average Bonchev–Trinajstić information content (AvgIpc) is 2.28. The number of anilines is 1. The Morgan fingerprint density at radius 2 is 1.82 bits per heavy atom. The molecule has 0 aliphatic rings. The van der Waals surface area contributed by atoms with Crippen LogP contribution in [-0.4, -0.2) is 11.9 Å². The number of hydrogen-bond donors (Lipinski definition) is 2. The van der Waals surface area contributed by atoms with E-state index in [1.165, 1.54) is 5.56 Å². The van der Waals surface area contributed by atoms with E-state index < -0.39 is 6.04 Å². The molecule has 3 nitrogen and oxygen atoms in total. The quantitative estimate of drug-likeness (QED) is 0.870. The maximum absolute atomic E-state index is 11.5. The van der Waals surface area contributed by atoms with Gasteiger partial charge in [0.15, 0.2) is 0 Å². The third-order valence-electron chi connectivity index (χ3n) is 2.62. The van der Waals surface area contributed by atoms with E-state index in [0.717, 1.165) is 5.69 Å². The van der Waals surface area contributed by atoms with E-state index in [2.05, 4.69) is 19.2 Å². The first kappa shape index (κ1) is 15.9. The number of rotatable bonds is 4. The van der Waals surface area contributed by atoms with Crippen molar-refractivity contribution in [1.29, 1.82) is 0 Å². The van der Waals surface area contributed by atoms with Crippen LogP contribution in [0.3, 0.4) is 0 Å². The lowest BCUT2D eigenvalue weighted by molar-refractivity contribution is -0.117. The monoisotopic (exact) mass is 256 g/mol. The van der Waals surface area contributed by atoms with Gasteiger partial charge in [0.25, 0.3) is 0 Å². The summed E-state index contributed by atoms with van der Waals surface area (Å²) in [6, 6.07) is 7.45. The minimum atomic E-state index is -0.426. The fraction of sp³-hybridized carbons (Fsp3) is 0.462. The standard InChI is InChI=1S/C13H20N2O.ClH/c1-4-12(14)13(16)15-11-7-5-10(6-8-11)9(2)3;/h5-9,12H,4,14H2,1-3H3,(H,15,16);1H/t12-;/m0./s1. The Morgan fingerprint density at radius 1 is 1.29 bits per heavy atom. The predicted molar refractivity (Wildman–Crippen MR) is 74.7 cm³/mol. The summed E-state index contributed by atoms with van der Waals surface area (Å²) in [6.07, 6.45) is 0.649. The van der Waals surface area contributed by atoms with Gasteiger partial charge in [-0.05, 0) is 30.0 Å². The molecule has 96 valence electrons. The van der Waals surface area contributed by atoms with E-state index in [0.29, 0.717) is 12.3 Å². The van der Waals surface area contributed by atoms with Crippen LogP contribution in [0.25, 0.3) is 0 Å². The van der Waals surface area contributed by atoms with E-state index in [4.69, 9.17) is 5.73 Å². The lowest BCUT2D eigenvalue weighted by atomic mass is 10.0. The van der Waals surface area contributed by atoms with E-state index in [1.54, 1.807) is 0 Å². The molecule has 1 amide bonds. The number of nitrogens with one attached hydrogen (secondary N) is 1. The van der Waals surface area contributed by atoms with Crippen LogP contribution < -0.4 is 11.1 Å². The largest absolute Gasteiger partial charge is 0.325 e. The molecule has 0 unspecified atom stereocenters. The first-order valence-electron chi connectivity index (χ1n) is 5.71. The van der Waals surface area contributed by atoms with Crippen molar-refractivity contribution >= 4 is 24.0 Å². The molecule has 1 atom stereocenters. The highest BCUT2D eigenvalue weighted by molar-refractivity contribution is 5.94. The Kier molecular flexibility index (Phi) is 6.85. The van der Waals surface area contributed by atoms with Gasteiger partial charge in [0.2, 0.25) is 5.91 Å². The maximum atomic E-state index is 11.5. The first-order valence-corrected chi connectivity index (χ1v) is 5.71. The SMILES string of the molecule is CC[C@H](N)C(=O)Nc1ccc(C(C)C)cc1.Cl. The smallest absolute Gasteiger partial charge is 0.241 e. The third-order valence-corrected chi connectivity index (χ3v) is 2.62. The van der Waals surface area contributed by atoms with E-state index in [1.807, 2.05) is 31.2 Å². The molecule has 0 heterocycles. The lowest BCUT2D eigenvalue weighted by Crippen LogP contribution is -2.34. The maximum Gasteiger partial charge on any atom is 0.241 e. The Balaban J connectivity index is 0.00000256. The summed E-state index contributed by atoms with van der Waals surface area (Å²) in [5.41, 5.74) is 7.70. The fourth-order valence-corrected chi connectivity index (χ4v) is 1.37. The molecule has 0 aliphatic heterocycles. The van der Waals surface area contributed by atoms with Crippen LogP contribution in [0.2, 0.25) is 0 Å². The fourth-order valence-electron chi connectivity index (χ4n) is 1.37. The summed E-state index contributed by atoms with van der Waals surface area (Å²) in [4.78, 5) is 11.5. The van der Waals surface area contributed by atoms with Crippen LogP contribution in [0.15, 0.2) is 24.3 Å². The Morgan fingerprint density at radius 3 is 2.24 bits per heavy atom. The first-order chi connectivity index (χ1) is 7.54. The number of hydrogen-bond acceptors (Lipinski definition) is 2. The molecule has 0 aliphatic carbocycles. The molecule has 1 aromatic carbocycles. The zero-order valence-corrected chi connectivity index (χ0v) is 11.4. The van der Waals surface area contributed by atoms with Gasteiger partial charge in [-0.15, -0.1) is 12.4 Å². The minimum absolute atomic E-state index is 0. The molecule has 0 bridgehead atoms. The number of halogens is 1. The highest BCUT2D eigenvalue weighted by Gasteiger charge is 2.10. The van der Waals surface area contributed by atoms with E-state index in [9.17, 15) is 4.79 Å². The molecular weight excluding hydrogens is 236 g/mol. The van der Waals surface area contributed by atoms with Gasteiger partial charge in [-0.1, -0.05) is 32.9 Å². The normalized spacial score (nSPS) is 11.8. The molecule has 1 rings (SSSR count). The van der Waals surface area contributed by atoms with Crippen LogP contribution in [0.5, 0.6) is 0 Å². The van der Waals surface area contributed by atoms with Gasteiger partial charge in [0, 0.05) is 5.69 Å². The predicted octanol–water partition coefficient (Wildman–Crippen LogP) is 2.91. The second kappa shape index (κ2) is 7.30. The van der Waals surface area contributed by atoms with Crippen LogP contribution in [0.4, 0.5) is 5.69 Å². The van der Waals surface area contributed by atoms with Crippen molar-refractivity contribution < 1.29 is 4.79 Å². The molecule has 0 spiro atoms. The zero-order chi connectivity index (χ0) is 12.1. The van der Waals surface area contributed by atoms with Crippen molar-refractivity contribution in [1.82, 2.24) is 0 Å². The number of amides is 1. The van der Waals surface area contributed by atoms with Gasteiger partial charge >= 0.3 is 0 Å². The number of carbonyl (C=O) groups excluding carboxylic acids is 1. The Hall–Kier alpha value is -1.06. The van der Waals surface area contributed by atoms with Gasteiger partial charge < -0.3 is 11.1 Å². The second-order valence-corrected chi connectivity index (χ2v) is 4.28. The summed E-state index contributed by atoms with van der Waals surface area (Å²) in [6.45, 7) is 6.17. The van der Waals surface area contributed by atoms with Gasteiger partial charge in [-0.2, -0.15) is 0 Å². The van der Waals surface area contributed by atoms with Gasteiger partial charge in [-0.3, -0.25) is 4.79 Å². The molecule has 0 radical (unpaired) electrons. The zero-order valence-electron chi connectivity index (χ0n) is 10.6. The third kappa shape index (κ3) is 4.75.